The minimum atomic E-state index is -3.70. The number of carbonyl (C=O) groups excluding carboxylic acids is 1. The predicted octanol–water partition coefficient (Wildman–Crippen LogP) is 4.73. The fourth-order valence-corrected chi connectivity index (χ4v) is 6.30. The van der Waals surface area contributed by atoms with Crippen molar-refractivity contribution in [2.45, 2.75) is 30.8 Å². The summed E-state index contributed by atoms with van der Waals surface area (Å²) in [5.41, 5.74) is 2.10. The second-order valence-electron chi connectivity index (χ2n) is 7.87. The normalized spacial score (nSPS) is 15.4. The second kappa shape index (κ2) is 8.20. The van der Waals surface area contributed by atoms with E-state index in [1.165, 1.54) is 21.3 Å². The summed E-state index contributed by atoms with van der Waals surface area (Å²) in [6, 6.07) is 17.4. The molecule has 8 heteroatoms. The van der Waals surface area contributed by atoms with Crippen LogP contribution in [0.5, 0.6) is 0 Å². The fraction of sp³-hybridized carbons (Fsp3) is 0.208. The molecule has 4 aromatic rings. The number of nitrogens with zero attached hydrogens (tertiary/aromatic N) is 1. The van der Waals surface area contributed by atoms with E-state index in [1.54, 1.807) is 23.5 Å². The summed E-state index contributed by atoms with van der Waals surface area (Å²) < 4.78 is 33.8. The molecule has 0 saturated carbocycles. The molecular formula is C24H22N2O4S2. The average Bonchev–Trinajstić information content (AvgIpc) is 3.45. The van der Waals surface area contributed by atoms with Gasteiger partial charge in [0.25, 0.3) is 5.91 Å². The van der Waals surface area contributed by atoms with E-state index in [2.05, 4.69) is 5.32 Å². The number of nitrogens with one attached hydrogen (secondary N) is 1. The van der Waals surface area contributed by atoms with Crippen LogP contribution in [0.1, 0.15) is 39.5 Å². The van der Waals surface area contributed by atoms with Crippen LogP contribution in [0.2, 0.25) is 0 Å². The molecule has 164 valence electrons. The van der Waals surface area contributed by atoms with Crippen molar-refractivity contribution in [2.24, 2.45) is 0 Å². The number of sulfonamides is 1. The Hall–Kier alpha value is -2.94. The molecule has 0 fully saturated rings. The molecule has 1 amide bonds. The zero-order chi connectivity index (χ0) is 22.3. The molecule has 1 atom stereocenters. The van der Waals surface area contributed by atoms with E-state index in [4.69, 9.17) is 4.42 Å². The molecule has 3 heterocycles. The number of amides is 1. The van der Waals surface area contributed by atoms with E-state index in [-0.39, 0.29) is 16.8 Å². The van der Waals surface area contributed by atoms with Gasteiger partial charge in [-0.15, -0.1) is 11.3 Å². The standard InChI is InChI=1S/C24H22N2O4S2/c1-16(22-14-17-5-2-3-8-21(17)30-22)25-24(27)18-6-4-7-20(13-18)32(28,29)26-11-9-23-19(15-26)10-12-31-23/h2-8,10,12-14,16H,9,11,15H2,1H3,(H,25,27). The quantitative estimate of drug-likeness (QED) is 0.461. The second-order valence-corrected chi connectivity index (χ2v) is 10.8. The smallest absolute Gasteiger partial charge is 0.251 e. The van der Waals surface area contributed by atoms with Crippen LogP contribution in [0.15, 0.2) is 75.4 Å². The van der Waals surface area contributed by atoms with Crippen LogP contribution < -0.4 is 5.32 Å². The molecule has 1 aliphatic rings. The third kappa shape index (κ3) is 3.85. The maximum atomic E-state index is 13.2. The Kier molecular flexibility index (Phi) is 5.36. The molecule has 0 bridgehead atoms. The topological polar surface area (TPSA) is 79.6 Å². The lowest BCUT2D eigenvalue weighted by atomic mass is 10.1. The Labute approximate surface area is 190 Å². The number of rotatable bonds is 5. The number of thiophene rings is 1. The number of para-hydroxylation sites is 1. The van der Waals surface area contributed by atoms with Crippen molar-refractivity contribution in [1.29, 1.82) is 0 Å². The van der Waals surface area contributed by atoms with Crippen molar-refractivity contribution in [3.63, 3.8) is 0 Å². The van der Waals surface area contributed by atoms with Gasteiger partial charge >= 0.3 is 0 Å². The van der Waals surface area contributed by atoms with E-state index in [0.29, 0.717) is 30.8 Å². The highest BCUT2D eigenvalue weighted by molar-refractivity contribution is 7.89. The van der Waals surface area contributed by atoms with Crippen LogP contribution in [0, 0.1) is 0 Å². The Morgan fingerprint density at radius 1 is 1.12 bits per heavy atom. The lowest BCUT2D eigenvalue weighted by Gasteiger charge is -2.26. The van der Waals surface area contributed by atoms with E-state index in [9.17, 15) is 13.2 Å². The summed E-state index contributed by atoms with van der Waals surface area (Å²) in [5.74, 6) is 0.289. The van der Waals surface area contributed by atoms with Crippen LogP contribution in [-0.4, -0.2) is 25.2 Å². The van der Waals surface area contributed by atoms with Gasteiger partial charge in [-0.25, -0.2) is 8.42 Å². The summed E-state index contributed by atoms with van der Waals surface area (Å²) >= 11 is 1.66. The molecule has 0 saturated heterocycles. The van der Waals surface area contributed by atoms with Crippen LogP contribution >= 0.6 is 11.3 Å². The molecule has 6 nitrogen and oxygen atoms in total. The summed E-state index contributed by atoms with van der Waals surface area (Å²) in [6.07, 6.45) is 0.710. The average molecular weight is 467 g/mol. The maximum Gasteiger partial charge on any atom is 0.251 e. The van der Waals surface area contributed by atoms with Crippen molar-refractivity contribution in [3.05, 3.63) is 87.8 Å². The molecule has 1 aliphatic heterocycles. The number of hydrogen-bond acceptors (Lipinski definition) is 5. The Morgan fingerprint density at radius 3 is 2.81 bits per heavy atom. The van der Waals surface area contributed by atoms with Crippen LogP contribution in [0.25, 0.3) is 11.0 Å². The maximum absolute atomic E-state index is 13.2. The fourth-order valence-electron chi connectivity index (χ4n) is 3.94. The SMILES string of the molecule is CC(NC(=O)c1cccc(S(=O)(=O)N2CCc3sccc3C2)c1)c1cc2ccccc2o1. The molecule has 0 spiro atoms. The van der Waals surface area contributed by atoms with Gasteiger partial charge in [0.2, 0.25) is 10.0 Å². The molecule has 0 aliphatic carbocycles. The Morgan fingerprint density at radius 2 is 1.97 bits per heavy atom. The van der Waals surface area contributed by atoms with Gasteiger partial charge in [-0.05, 0) is 60.7 Å². The first-order valence-electron chi connectivity index (χ1n) is 10.4. The van der Waals surface area contributed by atoms with Gasteiger partial charge in [0.1, 0.15) is 11.3 Å². The van der Waals surface area contributed by atoms with Crippen LogP contribution in [-0.2, 0) is 23.0 Å². The van der Waals surface area contributed by atoms with E-state index in [0.717, 1.165) is 16.5 Å². The number of carbonyl (C=O) groups is 1. The Balaban J connectivity index is 1.34. The van der Waals surface area contributed by atoms with Gasteiger partial charge in [0.05, 0.1) is 10.9 Å². The first-order chi connectivity index (χ1) is 15.4. The number of hydrogen-bond donors (Lipinski definition) is 1. The van der Waals surface area contributed by atoms with Crippen molar-refractivity contribution in [3.8, 4) is 0 Å². The van der Waals surface area contributed by atoms with Crippen molar-refractivity contribution in [2.75, 3.05) is 6.54 Å². The molecule has 2 aromatic carbocycles. The van der Waals surface area contributed by atoms with Gasteiger partial charge < -0.3 is 9.73 Å². The molecular weight excluding hydrogens is 444 g/mol. The molecule has 5 rings (SSSR count). The van der Waals surface area contributed by atoms with Gasteiger partial charge in [-0.3, -0.25) is 4.79 Å². The monoisotopic (exact) mass is 466 g/mol. The lowest BCUT2D eigenvalue weighted by molar-refractivity contribution is 0.0935. The Bertz CT molecular complexity index is 1370. The third-order valence-corrected chi connectivity index (χ3v) is 8.59. The number of furan rings is 1. The van der Waals surface area contributed by atoms with Gasteiger partial charge in [0, 0.05) is 28.9 Å². The minimum absolute atomic E-state index is 0.125. The molecule has 2 aromatic heterocycles. The number of benzene rings is 2. The summed E-state index contributed by atoms with van der Waals surface area (Å²) in [7, 11) is -3.70. The highest BCUT2D eigenvalue weighted by Gasteiger charge is 2.29. The highest BCUT2D eigenvalue weighted by Crippen LogP contribution is 2.29. The third-order valence-electron chi connectivity index (χ3n) is 5.73. The van der Waals surface area contributed by atoms with Crippen LogP contribution in [0.4, 0.5) is 0 Å². The molecule has 32 heavy (non-hydrogen) atoms. The molecule has 1 N–H and O–H groups in total. The van der Waals surface area contributed by atoms with Crippen molar-refractivity contribution >= 4 is 38.2 Å². The van der Waals surface area contributed by atoms with E-state index >= 15 is 0 Å². The van der Waals surface area contributed by atoms with Crippen molar-refractivity contribution in [1.82, 2.24) is 9.62 Å². The first-order valence-corrected chi connectivity index (χ1v) is 12.7. The molecule has 1 unspecified atom stereocenters. The summed E-state index contributed by atoms with van der Waals surface area (Å²) in [4.78, 5) is 14.2. The van der Waals surface area contributed by atoms with E-state index < -0.39 is 10.0 Å². The minimum Gasteiger partial charge on any atom is -0.459 e. The van der Waals surface area contributed by atoms with Gasteiger partial charge in [-0.1, -0.05) is 24.3 Å². The van der Waals surface area contributed by atoms with Crippen molar-refractivity contribution < 1.29 is 17.6 Å². The highest BCUT2D eigenvalue weighted by atomic mass is 32.2. The molecule has 0 radical (unpaired) electrons. The first kappa shape index (κ1) is 20.9. The summed E-state index contributed by atoms with van der Waals surface area (Å²) in [5, 5.41) is 5.86. The largest absolute Gasteiger partial charge is 0.459 e. The zero-order valence-corrected chi connectivity index (χ0v) is 19.1. The zero-order valence-electron chi connectivity index (χ0n) is 17.4. The van der Waals surface area contributed by atoms with E-state index in [1.807, 2.05) is 48.7 Å². The predicted molar refractivity (Wildman–Crippen MR) is 124 cm³/mol. The van der Waals surface area contributed by atoms with Gasteiger partial charge in [-0.2, -0.15) is 4.31 Å². The summed E-state index contributed by atoms with van der Waals surface area (Å²) in [6.45, 7) is 2.64. The van der Waals surface area contributed by atoms with Crippen LogP contribution in [0.3, 0.4) is 0 Å². The lowest BCUT2D eigenvalue weighted by Crippen LogP contribution is -2.35. The van der Waals surface area contributed by atoms with Gasteiger partial charge in [0.15, 0.2) is 0 Å². The number of fused-ring (bicyclic) bond motifs is 2.